The Hall–Kier alpha value is -1.62. The number of allylic oxidation sites excluding steroid dienone is 2. The van der Waals surface area contributed by atoms with Gasteiger partial charge >= 0.3 is 12.1 Å². The predicted octanol–water partition coefficient (Wildman–Crippen LogP) is 7.62. The van der Waals surface area contributed by atoms with Crippen molar-refractivity contribution >= 4 is 11.6 Å². The number of carbonyl (C=O) groups excluding carboxylic acids is 1. The highest BCUT2D eigenvalue weighted by atomic mass is 19.4. The number of benzene rings is 1. The maximum Gasteiger partial charge on any atom is 0.416 e. The monoisotopic (exact) mass is 458 g/mol. The van der Waals surface area contributed by atoms with Crippen LogP contribution in [0.1, 0.15) is 83.6 Å². The molecule has 1 heterocycles. The average Bonchev–Trinajstić information content (AvgIpc) is 3.54. The fraction of sp³-hybridized carbons (Fsp3) is 0.679. The normalized spacial score (nSPS) is 42.9. The molecule has 1 aromatic carbocycles. The Kier molecular flexibility index (Phi) is 4.62. The van der Waals surface area contributed by atoms with Gasteiger partial charge in [-0.25, -0.2) is 4.79 Å². The third-order valence-corrected chi connectivity index (χ3v) is 10.5. The summed E-state index contributed by atoms with van der Waals surface area (Å²) in [6.45, 7) is 4.89. The summed E-state index contributed by atoms with van der Waals surface area (Å²) >= 11 is 0. The first-order valence-electron chi connectivity index (χ1n) is 12.9. The average molecular weight is 459 g/mol. The Morgan fingerprint density at radius 2 is 1.67 bits per heavy atom. The molecule has 1 amide bonds. The SMILES string of the molecule is C[C@@]12CCC[C@H]1[C@@H]1CC=C3[C@](C)(CCC(=O)[N+]3(c3ccc(C(F)(F)F)cc3)C3CC3)[C@H]1CC2. The van der Waals surface area contributed by atoms with E-state index in [1.165, 1.54) is 49.9 Å². The van der Waals surface area contributed by atoms with Crippen LogP contribution in [0.2, 0.25) is 0 Å². The number of amides is 1. The molecule has 4 fully saturated rings. The quantitative estimate of drug-likeness (QED) is 0.417. The summed E-state index contributed by atoms with van der Waals surface area (Å²) in [5, 5.41) is 0. The summed E-state index contributed by atoms with van der Waals surface area (Å²) in [6, 6.07) is 5.71. The number of rotatable bonds is 2. The maximum absolute atomic E-state index is 13.8. The van der Waals surface area contributed by atoms with Crippen molar-refractivity contribution in [2.24, 2.45) is 28.6 Å². The molecule has 0 N–H and O–H groups in total. The zero-order valence-electron chi connectivity index (χ0n) is 19.8. The predicted molar refractivity (Wildman–Crippen MR) is 123 cm³/mol. The molecule has 6 rings (SSSR count). The van der Waals surface area contributed by atoms with Crippen LogP contribution in [-0.4, -0.2) is 11.9 Å². The third kappa shape index (κ3) is 2.93. The van der Waals surface area contributed by atoms with Gasteiger partial charge in [0.05, 0.1) is 12.0 Å². The van der Waals surface area contributed by atoms with E-state index in [-0.39, 0.29) is 21.8 Å². The van der Waals surface area contributed by atoms with Gasteiger partial charge < -0.3 is 0 Å². The summed E-state index contributed by atoms with van der Waals surface area (Å²) in [5.41, 5.74) is 1.74. The van der Waals surface area contributed by atoms with Gasteiger partial charge in [0.15, 0.2) is 0 Å². The lowest BCUT2D eigenvalue weighted by molar-refractivity contribution is -0.137. The molecule has 4 aliphatic carbocycles. The van der Waals surface area contributed by atoms with Crippen LogP contribution >= 0.6 is 0 Å². The van der Waals surface area contributed by atoms with Crippen molar-refractivity contribution in [2.75, 3.05) is 0 Å². The van der Waals surface area contributed by atoms with E-state index in [1.54, 1.807) is 12.1 Å². The van der Waals surface area contributed by atoms with Gasteiger partial charge in [-0.3, -0.25) is 0 Å². The van der Waals surface area contributed by atoms with E-state index in [0.29, 0.717) is 23.7 Å². The van der Waals surface area contributed by atoms with Crippen molar-refractivity contribution in [1.29, 1.82) is 0 Å². The number of likely N-dealkylation sites (tertiary alicyclic amines) is 1. The molecule has 1 aliphatic heterocycles. The highest BCUT2D eigenvalue weighted by Crippen LogP contribution is 2.66. The first-order valence-corrected chi connectivity index (χ1v) is 12.9. The second-order valence-corrected chi connectivity index (χ2v) is 12.1. The van der Waals surface area contributed by atoms with Gasteiger partial charge in [0, 0.05) is 30.4 Å². The minimum absolute atomic E-state index is 0.0496. The number of carbonyl (C=O) groups is 1. The number of halogens is 3. The Morgan fingerprint density at radius 1 is 0.939 bits per heavy atom. The molecular weight excluding hydrogens is 423 g/mol. The van der Waals surface area contributed by atoms with Gasteiger partial charge in [0.25, 0.3) is 0 Å². The van der Waals surface area contributed by atoms with Crippen molar-refractivity contribution in [1.82, 2.24) is 4.48 Å². The summed E-state index contributed by atoms with van der Waals surface area (Å²) in [7, 11) is 0. The summed E-state index contributed by atoms with van der Waals surface area (Å²) in [4.78, 5) is 13.8. The molecule has 5 heteroatoms. The van der Waals surface area contributed by atoms with Gasteiger partial charge in [-0.2, -0.15) is 17.7 Å². The zero-order valence-corrected chi connectivity index (χ0v) is 19.8. The molecule has 0 radical (unpaired) electrons. The molecule has 0 aromatic heterocycles. The van der Waals surface area contributed by atoms with Crippen LogP contribution in [0, 0.1) is 28.6 Å². The lowest BCUT2D eigenvalue weighted by Gasteiger charge is -2.59. The lowest BCUT2D eigenvalue weighted by atomic mass is 9.49. The van der Waals surface area contributed by atoms with Crippen LogP contribution < -0.4 is 4.48 Å². The minimum atomic E-state index is -4.36. The van der Waals surface area contributed by atoms with E-state index >= 15 is 0 Å². The van der Waals surface area contributed by atoms with Crippen LogP contribution in [-0.2, 0) is 11.0 Å². The number of alkyl halides is 3. The molecule has 3 saturated carbocycles. The molecule has 0 bridgehead atoms. The second kappa shape index (κ2) is 6.96. The lowest BCUT2D eigenvalue weighted by Crippen LogP contribution is -2.65. The molecule has 0 spiro atoms. The molecule has 1 aromatic rings. The van der Waals surface area contributed by atoms with E-state index in [0.717, 1.165) is 37.3 Å². The number of piperidine rings is 1. The fourth-order valence-corrected chi connectivity index (χ4v) is 8.85. The molecule has 1 saturated heterocycles. The molecule has 33 heavy (non-hydrogen) atoms. The van der Waals surface area contributed by atoms with Crippen LogP contribution in [0.5, 0.6) is 0 Å². The van der Waals surface area contributed by atoms with Crippen molar-refractivity contribution in [3.63, 3.8) is 0 Å². The Labute approximate surface area is 194 Å². The number of nitrogens with zero attached hydrogens (tertiary/aromatic N) is 1. The number of hydrogen-bond acceptors (Lipinski definition) is 1. The highest BCUT2D eigenvalue weighted by molar-refractivity contribution is 5.94. The number of quaternary nitrogens is 1. The summed E-state index contributed by atoms with van der Waals surface area (Å²) in [6.07, 6.45) is 8.90. The highest BCUT2D eigenvalue weighted by Gasteiger charge is 2.66. The first-order chi connectivity index (χ1) is 15.6. The van der Waals surface area contributed by atoms with Gasteiger partial charge in [-0.05, 0) is 79.9 Å². The van der Waals surface area contributed by atoms with E-state index in [4.69, 9.17) is 0 Å². The van der Waals surface area contributed by atoms with Crippen LogP contribution in [0.4, 0.5) is 18.9 Å². The smallest absolute Gasteiger partial charge is 0.230 e. The standard InChI is InChI=1S/C28H35F3NO/c1-26-15-3-4-22(26)21-11-12-24-27(2,23(21)13-16-26)17-14-25(33)32(24,20-9-10-20)19-7-5-18(6-8-19)28(29,30)31/h5-8,12,20-23H,3-4,9-11,13-17H2,1-2H3/q+1/t21-,22-,23-,26-,27+,32?/m0/s1. The zero-order chi connectivity index (χ0) is 23.2. The van der Waals surface area contributed by atoms with Crippen LogP contribution in [0.25, 0.3) is 0 Å². The Balaban J connectivity index is 1.47. The van der Waals surface area contributed by atoms with Crippen molar-refractivity contribution in [3.8, 4) is 0 Å². The minimum Gasteiger partial charge on any atom is -0.230 e. The maximum atomic E-state index is 13.8. The van der Waals surface area contributed by atoms with Gasteiger partial charge in [-0.1, -0.05) is 20.3 Å². The van der Waals surface area contributed by atoms with Crippen molar-refractivity contribution in [2.45, 2.75) is 90.3 Å². The Morgan fingerprint density at radius 3 is 2.33 bits per heavy atom. The molecule has 5 aliphatic rings. The topological polar surface area (TPSA) is 17.1 Å². The molecule has 1 unspecified atom stereocenters. The van der Waals surface area contributed by atoms with Crippen molar-refractivity contribution in [3.05, 3.63) is 41.6 Å². The second-order valence-electron chi connectivity index (χ2n) is 12.1. The van der Waals surface area contributed by atoms with E-state index in [1.807, 2.05) is 0 Å². The molecule has 178 valence electrons. The summed E-state index contributed by atoms with van der Waals surface area (Å²) < 4.78 is 40.0. The molecule has 2 nitrogen and oxygen atoms in total. The summed E-state index contributed by atoms with van der Waals surface area (Å²) in [5.74, 6) is 2.22. The van der Waals surface area contributed by atoms with Gasteiger partial charge in [0.2, 0.25) is 0 Å². The molecular formula is C28H35F3NO+. The third-order valence-electron chi connectivity index (χ3n) is 10.5. The first kappa shape index (κ1) is 21.9. The van der Waals surface area contributed by atoms with Crippen molar-refractivity contribution < 1.29 is 18.0 Å². The Bertz CT molecular complexity index is 1010. The van der Waals surface area contributed by atoms with Crippen LogP contribution in [0.15, 0.2) is 36.0 Å². The van der Waals surface area contributed by atoms with E-state index in [9.17, 15) is 18.0 Å². The van der Waals surface area contributed by atoms with E-state index < -0.39 is 11.7 Å². The van der Waals surface area contributed by atoms with E-state index in [2.05, 4.69) is 19.9 Å². The fourth-order valence-electron chi connectivity index (χ4n) is 8.85. The van der Waals surface area contributed by atoms with Gasteiger partial charge in [0.1, 0.15) is 17.4 Å². The number of hydrogen-bond donors (Lipinski definition) is 0. The van der Waals surface area contributed by atoms with Gasteiger partial charge in [-0.15, -0.1) is 0 Å². The van der Waals surface area contributed by atoms with Crippen LogP contribution in [0.3, 0.4) is 0 Å². The largest absolute Gasteiger partial charge is 0.416 e. The molecule has 6 atom stereocenters. The number of fused-ring (bicyclic) bond motifs is 5.